The van der Waals surface area contributed by atoms with Crippen molar-refractivity contribution >= 4 is 93.8 Å². The van der Waals surface area contributed by atoms with E-state index in [1.54, 1.807) is 0 Å². The molecule has 0 spiro atoms. The third-order valence-electron chi connectivity index (χ3n) is 13.4. The Kier molecular flexibility index (Phi) is 6.90. The minimum Gasteiger partial charge on any atom is -0.456 e. The number of furan rings is 2. The molecule has 3 aromatic heterocycles. The molecule has 3 heterocycles. The minimum absolute atomic E-state index is 0.288. The first-order chi connectivity index (χ1) is 29.0. The Morgan fingerprint density at radius 2 is 1.42 bits per heavy atom. The van der Waals surface area contributed by atoms with Crippen LogP contribution in [0.3, 0.4) is 0 Å². The fourth-order valence-electron chi connectivity index (χ4n) is 10.8. The summed E-state index contributed by atoms with van der Waals surface area (Å²) in [5.74, 6) is 0.998. The molecule has 59 heavy (non-hydrogen) atoms. The lowest BCUT2D eigenvalue weighted by molar-refractivity contribution is 0.591. The number of thiophene rings is 1. The van der Waals surface area contributed by atoms with Crippen LogP contribution >= 0.6 is 11.3 Å². The molecule has 3 nitrogen and oxygen atoms in total. The third kappa shape index (κ3) is 4.64. The van der Waals surface area contributed by atoms with Crippen molar-refractivity contribution in [2.45, 2.75) is 44.9 Å². The highest BCUT2D eigenvalue weighted by atomic mass is 32.1. The van der Waals surface area contributed by atoms with Gasteiger partial charge in [-0.25, -0.2) is 0 Å². The Morgan fingerprint density at radius 1 is 0.627 bits per heavy atom. The van der Waals surface area contributed by atoms with Crippen LogP contribution in [0.4, 0.5) is 17.1 Å². The second-order valence-corrected chi connectivity index (χ2v) is 18.0. The largest absolute Gasteiger partial charge is 0.456 e. The highest BCUT2D eigenvalue weighted by molar-refractivity contribution is 7.20. The molecule has 0 saturated carbocycles. The lowest BCUT2D eigenvalue weighted by Crippen LogP contribution is -2.17. The number of hydrogen-bond acceptors (Lipinski definition) is 4. The molecule has 7 aromatic carbocycles. The number of nitrogens with zero attached hydrogens (tertiary/aromatic N) is 1. The van der Waals surface area contributed by atoms with Crippen molar-refractivity contribution in [3.05, 3.63) is 184 Å². The van der Waals surface area contributed by atoms with Crippen LogP contribution in [0.25, 0.3) is 76.5 Å². The average Bonchev–Trinajstić information content (AvgIpc) is 4.02. The van der Waals surface area contributed by atoms with Crippen molar-refractivity contribution < 1.29 is 8.83 Å². The van der Waals surface area contributed by atoms with Gasteiger partial charge >= 0.3 is 0 Å². The van der Waals surface area contributed by atoms with Gasteiger partial charge in [-0.3, -0.25) is 0 Å². The van der Waals surface area contributed by atoms with Crippen LogP contribution in [0.15, 0.2) is 154 Å². The maximum absolute atomic E-state index is 7.06. The molecule has 0 bridgehead atoms. The van der Waals surface area contributed by atoms with E-state index in [0.29, 0.717) is 0 Å². The number of hydrogen-bond donors (Lipinski definition) is 0. The Labute approximate surface area is 346 Å². The number of para-hydroxylation sites is 2. The quantitative estimate of drug-likeness (QED) is 0.178. The van der Waals surface area contributed by atoms with E-state index >= 15 is 0 Å². The second kappa shape index (κ2) is 12.2. The van der Waals surface area contributed by atoms with E-state index < -0.39 is 0 Å². The number of allylic oxidation sites excluding steroid dienone is 2. The van der Waals surface area contributed by atoms with E-state index in [1.165, 1.54) is 81.1 Å². The fraction of sp³-hybridized carbons (Fsp3) is 0.127. The van der Waals surface area contributed by atoms with Crippen LogP contribution < -0.4 is 4.90 Å². The average molecular weight is 778 g/mol. The molecule has 0 fully saturated rings. The molecule has 3 aliphatic rings. The lowest BCUT2D eigenvalue weighted by atomic mass is 9.79. The van der Waals surface area contributed by atoms with Crippen molar-refractivity contribution in [2.75, 3.05) is 4.90 Å². The standard InChI is InChI=1S/C55H39NO2S/c1-55(2)43-31-34(56(33-14-4-3-5-15-33)44-22-13-25-48-50(44)41-19-9-11-24-47(41)59-48)27-28-40(43)51-52(55)38-18-7-6-17-37(38)49-42-30-32(26-29-46(42)58-54(49)51)35-20-12-21-39-36-16-8-10-23-45(36)57-53(35)39/h3-8,10-11,13-18,20,22-31H,9,12,19,21H2,1-2H3. The van der Waals surface area contributed by atoms with Crippen molar-refractivity contribution in [1.82, 2.24) is 0 Å². The van der Waals surface area contributed by atoms with Gasteiger partial charge < -0.3 is 13.7 Å². The van der Waals surface area contributed by atoms with Gasteiger partial charge in [0.25, 0.3) is 0 Å². The van der Waals surface area contributed by atoms with E-state index in [1.807, 2.05) is 11.3 Å². The normalized spacial score (nSPS) is 15.2. The summed E-state index contributed by atoms with van der Waals surface area (Å²) in [5.41, 5.74) is 16.3. The van der Waals surface area contributed by atoms with Gasteiger partial charge in [-0.2, -0.15) is 0 Å². The summed E-state index contributed by atoms with van der Waals surface area (Å²) in [7, 11) is 0. The summed E-state index contributed by atoms with van der Waals surface area (Å²) in [4.78, 5) is 3.87. The molecule has 0 atom stereocenters. The topological polar surface area (TPSA) is 29.5 Å². The van der Waals surface area contributed by atoms with E-state index in [4.69, 9.17) is 8.83 Å². The monoisotopic (exact) mass is 777 g/mol. The molecule has 13 rings (SSSR count). The predicted octanol–water partition coefficient (Wildman–Crippen LogP) is 15.8. The van der Waals surface area contributed by atoms with E-state index in [-0.39, 0.29) is 5.41 Å². The molecular weight excluding hydrogens is 739 g/mol. The molecule has 3 aliphatic carbocycles. The first-order valence-electron chi connectivity index (χ1n) is 20.9. The molecule has 4 heteroatoms. The first-order valence-corrected chi connectivity index (χ1v) is 21.7. The highest BCUT2D eigenvalue weighted by Crippen LogP contribution is 2.57. The van der Waals surface area contributed by atoms with Crippen LogP contribution in [0, 0.1) is 0 Å². The minimum atomic E-state index is -0.288. The van der Waals surface area contributed by atoms with Crippen LogP contribution in [0.5, 0.6) is 0 Å². The van der Waals surface area contributed by atoms with Crippen LogP contribution in [-0.2, 0) is 18.3 Å². The van der Waals surface area contributed by atoms with Gasteiger partial charge in [-0.1, -0.05) is 105 Å². The molecular formula is C55H39NO2S. The van der Waals surface area contributed by atoms with Crippen molar-refractivity contribution in [2.24, 2.45) is 0 Å². The number of rotatable bonds is 4. The van der Waals surface area contributed by atoms with E-state index in [9.17, 15) is 0 Å². The molecule has 0 saturated heterocycles. The molecule has 0 radical (unpaired) electrons. The zero-order valence-corrected chi connectivity index (χ0v) is 33.8. The Morgan fingerprint density at radius 3 is 2.32 bits per heavy atom. The summed E-state index contributed by atoms with van der Waals surface area (Å²) in [6, 6.07) is 49.0. The SMILES string of the molecule is CC1(C)c2cc(N(c3ccccc3)c3cccc4sc5c(c34)CCC=C5)ccc2-c2c1c1ccccc1c1c2oc2ccc(C3=CCCc4c3oc3ccccc43)cc21. The van der Waals surface area contributed by atoms with Gasteiger partial charge in [-0.15, -0.1) is 11.3 Å². The summed E-state index contributed by atoms with van der Waals surface area (Å²) in [5, 5.41) is 7.43. The Balaban J connectivity index is 1.02. The summed E-state index contributed by atoms with van der Waals surface area (Å²) in [6.45, 7) is 4.80. The number of fused-ring (bicyclic) bond motifs is 16. The van der Waals surface area contributed by atoms with Crippen molar-refractivity contribution in [3.63, 3.8) is 0 Å². The van der Waals surface area contributed by atoms with Gasteiger partial charge in [-0.05, 0) is 125 Å². The smallest absolute Gasteiger partial charge is 0.144 e. The summed E-state index contributed by atoms with van der Waals surface area (Å²) in [6.07, 6.45) is 11.1. The number of benzene rings is 7. The van der Waals surface area contributed by atoms with Gasteiger partial charge in [0.05, 0.1) is 5.69 Å². The molecule has 0 aliphatic heterocycles. The molecule has 282 valence electrons. The Hall–Kier alpha value is -6.62. The maximum atomic E-state index is 7.06. The fourth-order valence-corrected chi connectivity index (χ4v) is 12.0. The van der Waals surface area contributed by atoms with Gasteiger partial charge in [0.2, 0.25) is 0 Å². The summed E-state index contributed by atoms with van der Waals surface area (Å²) >= 11 is 1.91. The van der Waals surface area contributed by atoms with Crippen LogP contribution in [0.1, 0.15) is 65.1 Å². The number of anilines is 3. The molecule has 0 unspecified atom stereocenters. The van der Waals surface area contributed by atoms with E-state index in [2.05, 4.69) is 170 Å². The Bertz CT molecular complexity index is 3480. The van der Waals surface area contributed by atoms with Crippen molar-refractivity contribution in [1.29, 1.82) is 0 Å². The second-order valence-electron chi connectivity index (χ2n) is 16.9. The maximum Gasteiger partial charge on any atom is 0.144 e. The third-order valence-corrected chi connectivity index (χ3v) is 14.5. The van der Waals surface area contributed by atoms with E-state index in [0.717, 1.165) is 70.5 Å². The molecule has 10 aromatic rings. The predicted molar refractivity (Wildman–Crippen MR) is 248 cm³/mol. The van der Waals surface area contributed by atoms with Crippen molar-refractivity contribution in [3.8, 4) is 11.1 Å². The zero-order valence-electron chi connectivity index (χ0n) is 32.9. The van der Waals surface area contributed by atoms with Gasteiger partial charge in [0.15, 0.2) is 0 Å². The highest BCUT2D eigenvalue weighted by Gasteiger charge is 2.40. The van der Waals surface area contributed by atoms with Gasteiger partial charge in [0.1, 0.15) is 22.5 Å². The lowest BCUT2D eigenvalue weighted by Gasteiger charge is -2.29. The summed E-state index contributed by atoms with van der Waals surface area (Å²) < 4.78 is 15.0. The molecule has 0 N–H and O–H groups in total. The van der Waals surface area contributed by atoms with Crippen LogP contribution in [0.2, 0.25) is 0 Å². The number of aryl methyl sites for hydroxylation is 2. The van der Waals surface area contributed by atoms with Crippen LogP contribution in [-0.4, -0.2) is 0 Å². The zero-order chi connectivity index (χ0) is 39.0. The van der Waals surface area contributed by atoms with Gasteiger partial charge in [0, 0.05) is 64.6 Å². The molecule has 0 amide bonds. The first kappa shape index (κ1) is 33.4.